The second kappa shape index (κ2) is 5.97. The molecular weight excluding hydrogens is 249 g/mol. The van der Waals surface area contributed by atoms with Crippen LogP contribution in [0.15, 0.2) is 12.1 Å². The Bertz CT molecular complexity index is 394. The maximum atomic E-state index is 11.7. The Hall–Kier alpha value is -0.930. The number of aromatic hydroxyl groups is 1. The van der Waals surface area contributed by atoms with Gasteiger partial charge in [-0.1, -0.05) is 11.6 Å². The number of phenolic OH excluding ortho intramolecular Hbond substituents is 1. The quantitative estimate of drug-likeness (QED) is 0.370. The molecule has 0 saturated heterocycles. The lowest BCUT2D eigenvalue weighted by atomic mass is 10.0. The second-order valence-corrected chi connectivity index (χ2v) is 4.25. The van der Waals surface area contributed by atoms with Crippen molar-refractivity contribution in [1.29, 1.82) is 0 Å². The third kappa shape index (κ3) is 3.29. The number of hydrogen-bond donors (Lipinski definition) is 2. The molecular formula is C11H13Cl2NO2. The van der Waals surface area contributed by atoms with Crippen LogP contribution < -0.4 is 5.73 Å². The highest BCUT2D eigenvalue weighted by Gasteiger charge is 2.13. The van der Waals surface area contributed by atoms with Crippen molar-refractivity contribution >= 4 is 34.7 Å². The Morgan fingerprint density at radius 3 is 2.69 bits per heavy atom. The molecule has 0 amide bonds. The van der Waals surface area contributed by atoms with E-state index in [-0.39, 0.29) is 27.8 Å². The van der Waals surface area contributed by atoms with Gasteiger partial charge in [-0.05, 0) is 18.9 Å². The van der Waals surface area contributed by atoms with Gasteiger partial charge >= 0.3 is 0 Å². The molecule has 3 N–H and O–H groups in total. The first-order valence-corrected chi connectivity index (χ1v) is 5.84. The molecule has 0 radical (unpaired) electrons. The van der Waals surface area contributed by atoms with E-state index in [0.29, 0.717) is 18.7 Å². The summed E-state index contributed by atoms with van der Waals surface area (Å²) in [6, 6.07) is 2.69. The fraction of sp³-hybridized carbons (Fsp3) is 0.364. The summed E-state index contributed by atoms with van der Waals surface area (Å²) < 4.78 is 0. The van der Waals surface area contributed by atoms with E-state index in [4.69, 9.17) is 28.9 Å². The first-order valence-electron chi connectivity index (χ1n) is 4.93. The summed E-state index contributed by atoms with van der Waals surface area (Å²) in [4.78, 5) is 11.7. The predicted octanol–water partition coefficient (Wildman–Crippen LogP) is 3.22. The number of unbranched alkanes of at least 4 members (excludes halogenated alkanes) is 1. The summed E-state index contributed by atoms with van der Waals surface area (Å²) in [5.74, 6) is 0.254. The Morgan fingerprint density at radius 1 is 1.38 bits per heavy atom. The van der Waals surface area contributed by atoms with Gasteiger partial charge in [-0.3, -0.25) is 4.79 Å². The van der Waals surface area contributed by atoms with Crippen LogP contribution in [0.5, 0.6) is 5.75 Å². The van der Waals surface area contributed by atoms with Gasteiger partial charge in [-0.15, -0.1) is 11.6 Å². The molecule has 16 heavy (non-hydrogen) atoms. The number of nitrogen functional groups attached to an aromatic ring is 1. The smallest absolute Gasteiger partial charge is 0.166 e. The van der Waals surface area contributed by atoms with Crippen LogP contribution in [0.3, 0.4) is 0 Å². The van der Waals surface area contributed by atoms with Crippen LogP contribution in [0.1, 0.15) is 29.6 Å². The largest absolute Gasteiger partial charge is 0.507 e. The molecule has 1 rings (SSSR count). The minimum atomic E-state index is -0.149. The van der Waals surface area contributed by atoms with Crippen molar-refractivity contribution in [1.82, 2.24) is 0 Å². The average Bonchev–Trinajstić information content (AvgIpc) is 2.23. The number of alkyl halides is 1. The number of halogens is 2. The number of carbonyl (C=O) groups is 1. The number of phenols is 1. The first kappa shape index (κ1) is 13.1. The minimum Gasteiger partial charge on any atom is -0.507 e. The van der Waals surface area contributed by atoms with E-state index >= 15 is 0 Å². The van der Waals surface area contributed by atoms with E-state index in [1.54, 1.807) is 0 Å². The van der Waals surface area contributed by atoms with E-state index < -0.39 is 0 Å². The zero-order valence-corrected chi connectivity index (χ0v) is 10.2. The Morgan fingerprint density at radius 2 is 2.06 bits per heavy atom. The Labute approximate surface area is 104 Å². The molecule has 5 heteroatoms. The fourth-order valence-electron chi connectivity index (χ4n) is 1.32. The lowest BCUT2D eigenvalue weighted by Gasteiger charge is -2.06. The van der Waals surface area contributed by atoms with Gasteiger partial charge in [0.05, 0.1) is 16.3 Å². The molecule has 0 aliphatic rings. The molecule has 0 saturated carbocycles. The zero-order valence-electron chi connectivity index (χ0n) is 8.67. The molecule has 0 unspecified atom stereocenters. The topological polar surface area (TPSA) is 63.3 Å². The molecule has 0 aliphatic carbocycles. The monoisotopic (exact) mass is 261 g/mol. The summed E-state index contributed by atoms with van der Waals surface area (Å²) >= 11 is 11.3. The van der Waals surface area contributed by atoms with Crippen molar-refractivity contribution in [3.63, 3.8) is 0 Å². The number of hydrogen-bond acceptors (Lipinski definition) is 3. The summed E-state index contributed by atoms with van der Waals surface area (Å²) in [6.07, 6.45) is 1.82. The molecule has 0 aromatic heterocycles. The van der Waals surface area contributed by atoms with E-state index in [0.717, 1.165) is 6.42 Å². The van der Waals surface area contributed by atoms with Crippen LogP contribution in [0.4, 0.5) is 5.69 Å². The van der Waals surface area contributed by atoms with Gasteiger partial charge in [0.2, 0.25) is 0 Å². The summed E-state index contributed by atoms with van der Waals surface area (Å²) in [5.41, 5.74) is 5.97. The molecule has 1 aromatic rings. The highest BCUT2D eigenvalue weighted by atomic mass is 35.5. The van der Waals surface area contributed by atoms with Gasteiger partial charge < -0.3 is 10.8 Å². The van der Waals surface area contributed by atoms with Crippen LogP contribution in [0.25, 0.3) is 0 Å². The lowest BCUT2D eigenvalue weighted by molar-refractivity contribution is 0.0977. The van der Waals surface area contributed by atoms with Crippen molar-refractivity contribution in [3.8, 4) is 5.75 Å². The fourth-order valence-corrected chi connectivity index (χ4v) is 1.67. The molecule has 0 aliphatic heterocycles. The van der Waals surface area contributed by atoms with Crippen molar-refractivity contribution in [2.24, 2.45) is 0 Å². The lowest BCUT2D eigenvalue weighted by Crippen LogP contribution is -2.01. The minimum absolute atomic E-state index is 0.127. The van der Waals surface area contributed by atoms with Gasteiger partial charge in [0.1, 0.15) is 5.75 Å². The second-order valence-electron chi connectivity index (χ2n) is 3.46. The van der Waals surface area contributed by atoms with Crippen molar-refractivity contribution in [2.75, 3.05) is 11.6 Å². The van der Waals surface area contributed by atoms with Crippen molar-refractivity contribution < 1.29 is 9.90 Å². The van der Waals surface area contributed by atoms with Crippen LogP contribution in [0, 0.1) is 0 Å². The number of anilines is 1. The molecule has 0 heterocycles. The van der Waals surface area contributed by atoms with Crippen molar-refractivity contribution in [2.45, 2.75) is 19.3 Å². The maximum Gasteiger partial charge on any atom is 0.166 e. The van der Waals surface area contributed by atoms with Crippen LogP contribution >= 0.6 is 23.2 Å². The van der Waals surface area contributed by atoms with Gasteiger partial charge in [-0.25, -0.2) is 0 Å². The number of nitrogens with two attached hydrogens (primary N) is 1. The van der Waals surface area contributed by atoms with Gasteiger partial charge in [0.25, 0.3) is 0 Å². The number of Topliss-reactive ketones (excluding diaryl/α,β-unsaturated/α-hetero) is 1. The summed E-state index contributed by atoms with van der Waals surface area (Å²) in [6.45, 7) is 0. The number of ketones is 1. The van der Waals surface area contributed by atoms with E-state index in [1.807, 2.05) is 0 Å². The molecule has 88 valence electrons. The van der Waals surface area contributed by atoms with Gasteiger partial charge in [0, 0.05) is 18.4 Å². The molecule has 0 atom stereocenters. The maximum absolute atomic E-state index is 11.7. The molecule has 1 aromatic carbocycles. The van der Waals surface area contributed by atoms with Gasteiger partial charge in [0.15, 0.2) is 5.78 Å². The first-order chi connectivity index (χ1) is 7.56. The normalized spacial score (nSPS) is 10.4. The van der Waals surface area contributed by atoms with Crippen LogP contribution in [-0.4, -0.2) is 16.8 Å². The summed E-state index contributed by atoms with van der Waals surface area (Å²) in [5, 5.41) is 9.83. The van der Waals surface area contributed by atoms with E-state index in [9.17, 15) is 9.90 Å². The Balaban J connectivity index is 2.79. The van der Waals surface area contributed by atoms with Gasteiger partial charge in [-0.2, -0.15) is 0 Å². The molecule has 0 bridgehead atoms. The predicted molar refractivity (Wildman–Crippen MR) is 66.4 cm³/mol. The third-order valence-corrected chi connectivity index (χ3v) is 2.80. The molecule has 0 spiro atoms. The molecule has 0 fully saturated rings. The van der Waals surface area contributed by atoms with E-state index in [1.165, 1.54) is 12.1 Å². The highest BCUT2D eigenvalue weighted by molar-refractivity contribution is 6.33. The SMILES string of the molecule is Nc1cc(O)c(C(=O)CCCCCl)cc1Cl. The number of benzene rings is 1. The number of rotatable bonds is 5. The van der Waals surface area contributed by atoms with E-state index in [2.05, 4.69) is 0 Å². The average molecular weight is 262 g/mol. The summed E-state index contributed by atoms with van der Waals surface area (Å²) in [7, 11) is 0. The van der Waals surface area contributed by atoms with Crippen LogP contribution in [-0.2, 0) is 0 Å². The highest BCUT2D eigenvalue weighted by Crippen LogP contribution is 2.29. The standard InChI is InChI=1S/C11H13Cl2NO2/c12-4-2-1-3-10(15)7-5-8(13)9(14)6-11(7)16/h5-6,16H,1-4,14H2. The third-order valence-electron chi connectivity index (χ3n) is 2.20. The zero-order chi connectivity index (χ0) is 12.1. The molecule has 3 nitrogen and oxygen atoms in total. The van der Waals surface area contributed by atoms with Crippen molar-refractivity contribution in [3.05, 3.63) is 22.7 Å². The Kier molecular flexibility index (Phi) is 4.90. The number of carbonyl (C=O) groups excluding carboxylic acids is 1. The van der Waals surface area contributed by atoms with Crippen LogP contribution in [0.2, 0.25) is 5.02 Å².